The van der Waals surface area contributed by atoms with Crippen molar-refractivity contribution in [1.82, 2.24) is 10.6 Å². The molecule has 0 radical (unpaired) electrons. The third-order valence-electron chi connectivity index (χ3n) is 3.13. The Balaban J connectivity index is 2.25. The van der Waals surface area contributed by atoms with E-state index in [1.54, 1.807) is 7.05 Å². The van der Waals surface area contributed by atoms with Crippen molar-refractivity contribution in [3.8, 4) is 0 Å². The second-order valence-electron chi connectivity index (χ2n) is 4.88. The molecule has 1 unspecified atom stereocenters. The minimum atomic E-state index is -0.0579. The summed E-state index contributed by atoms with van der Waals surface area (Å²) >= 11 is 0. The molecule has 1 aromatic rings. The van der Waals surface area contributed by atoms with Crippen LogP contribution in [0.15, 0.2) is 24.3 Å². The highest BCUT2D eigenvalue weighted by Gasteiger charge is 2.02. The first-order valence-electron chi connectivity index (χ1n) is 6.80. The second-order valence-corrected chi connectivity index (χ2v) is 4.88. The van der Waals surface area contributed by atoms with Crippen molar-refractivity contribution >= 4 is 5.91 Å². The standard InChI is InChI=1S/C15H24N2O2/c1-12(11-18)4-3-9-17-10-13-5-7-14(8-6-13)15(19)16-2/h5-8,12,17-18H,3-4,9-11H2,1-2H3,(H,16,19). The smallest absolute Gasteiger partial charge is 0.251 e. The number of rotatable bonds is 8. The van der Waals surface area contributed by atoms with Gasteiger partial charge in [0.15, 0.2) is 0 Å². The van der Waals surface area contributed by atoms with Crippen molar-refractivity contribution in [2.45, 2.75) is 26.3 Å². The molecule has 1 amide bonds. The summed E-state index contributed by atoms with van der Waals surface area (Å²) in [6.45, 7) is 4.07. The van der Waals surface area contributed by atoms with Gasteiger partial charge in [0.1, 0.15) is 0 Å². The lowest BCUT2D eigenvalue weighted by Gasteiger charge is -2.08. The first-order valence-corrected chi connectivity index (χ1v) is 6.80. The van der Waals surface area contributed by atoms with Gasteiger partial charge < -0.3 is 15.7 Å². The van der Waals surface area contributed by atoms with Gasteiger partial charge in [-0.05, 0) is 43.0 Å². The fraction of sp³-hybridized carbons (Fsp3) is 0.533. The number of hydrogen-bond acceptors (Lipinski definition) is 3. The molecule has 0 aromatic heterocycles. The summed E-state index contributed by atoms with van der Waals surface area (Å²) in [5, 5.41) is 14.9. The third kappa shape index (κ3) is 5.85. The quantitative estimate of drug-likeness (QED) is 0.624. The Hall–Kier alpha value is -1.39. The summed E-state index contributed by atoms with van der Waals surface area (Å²) in [6.07, 6.45) is 2.11. The van der Waals surface area contributed by atoms with Crippen LogP contribution in [0.5, 0.6) is 0 Å². The number of carbonyl (C=O) groups is 1. The van der Waals surface area contributed by atoms with Crippen molar-refractivity contribution < 1.29 is 9.90 Å². The Morgan fingerprint density at radius 1 is 1.32 bits per heavy atom. The predicted octanol–water partition coefficient (Wildman–Crippen LogP) is 1.54. The molecule has 0 aliphatic carbocycles. The van der Waals surface area contributed by atoms with Crippen LogP contribution in [-0.2, 0) is 6.54 Å². The van der Waals surface area contributed by atoms with Crippen molar-refractivity contribution in [2.24, 2.45) is 5.92 Å². The minimum absolute atomic E-state index is 0.0579. The summed E-state index contributed by atoms with van der Waals surface area (Å²) in [7, 11) is 1.63. The molecule has 0 heterocycles. The zero-order valence-corrected chi connectivity index (χ0v) is 11.8. The predicted molar refractivity (Wildman–Crippen MR) is 77.0 cm³/mol. The molecule has 4 heteroatoms. The first-order chi connectivity index (χ1) is 9.17. The van der Waals surface area contributed by atoms with Crippen LogP contribution in [0.3, 0.4) is 0 Å². The molecule has 0 spiro atoms. The van der Waals surface area contributed by atoms with Gasteiger partial charge in [-0.1, -0.05) is 19.1 Å². The Morgan fingerprint density at radius 3 is 2.58 bits per heavy atom. The molecule has 0 fully saturated rings. The maximum Gasteiger partial charge on any atom is 0.251 e. The molecule has 3 N–H and O–H groups in total. The van der Waals surface area contributed by atoms with Crippen LogP contribution in [0.4, 0.5) is 0 Å². The van der Waals surface area contributed by atoms with Gasteiger partial charge in [0.25, 0.3) is 5.91 Å². The van der Waals surface area contributed by atoms with E-state index in [1.807, 2.05) is 24.3 Å². The fourth-order valence-electron chi connectivity index (χ4n) is 1.82. The Labute approximate surface area is 115 Å². The average molecular weight is 264 g/mol. The summed E-state index contributed by atoms with van der Waals surface area (Å²) < 4.78 is 0. The topological polar surface area (TPSA) is 61.4 Å². The maximum atomic E-state index is 11.4. The maximum absolute atomic E-state index is 11.4. The van der Waals surface area contributed by atoms with Crippen molar-refractivity contribution in [1.29, 1.82) is 0 Å². The van der Waals surface area contributed by atoms with E-state index < -0.39 is 0 Å². The van der Waals surface area contributed by atoms with E-state index in [9.17, 15) is 4.79 Å². The normalized spacial score (nSPS) is 12.2. The lowest BCUT2D eigenvalue weighted by molar-refractivity contribution is 0.0963. The van der Waals surface area contributed by atoms with Crippen LogP contribution < -0.4 is 10.6 Å². The van der Waals surface area contributed by atoms with Crippen LogP contribution >= 0.6 is 0 Å². The number of nitrogens with one attached hydrogen (secondary N) is 2. The Kier molecular flexibility index (Phi) is 7.15. The summed E-state index contributed by atoms with van der Waals surface area (Å²) in [6, 6.07) is 7.61. The van der Waals surface area contributed by atoms with E-state index in [-0.39, 0.29) is 12.5 Å². The first kappa shape index (κ1) is 15.7. The van der Waals surface area contributed by atoms with E-state index in [1.165, 1.54) is 5.56 Å². The zero-order chi connectivity index (χ0) is 14.1. The van der Waals surface area contributed by atoms with E-state index in [0.29, 0.717) is 11.5 Å². The van der Waals surface area contributed by atoms with Gasteiger partial charge in [0.05, 0.1) is 0 Å². The molecule has 0 saturated heterocycles. The van der Waals surface area contributed by atoms with E-state index in [0.717, 1.165) is 25.9 Å². The molecule has 19 heavy (non-hydrogen) atoms. The van der Waals surface area contributed by atoms with Gasteiger partial charge in [-0.25, -0.2) is 0 Å². The number of aliphatic hydroxyl groups excluding tert-OH is 1. The number of amides is 1. The molecule has 0 aliphatic heterocycles. The molecule has 0 aliphatic rings. The van der Waals surface area contributed by atoms with Crippen LogP contribution in [0.1, 0.15) is 35.7 Å². The molecule has 1 rings (SSSR count). The largest absolute Gasteiger partial charge is 0.396 e. The number of hydrogen-bond donors (Lipinski definition) is 3. The van der Waals surface area contributed by atoms with Crippen molar-refractivity contribution in [3.63, 3.8) is 0 Å². The molecule has 4 nitrogen and oxygen atoms in total. The monoisotopic (exact) mass is 264 g/mol. The van der Waals surface area contributed by atoms with Crippen LogP contribution in [0.2, 0.25) is 0 Å². The number of aliphatic hydroxyl groups is 1. The highest BCUT2D eigenvalue weighted by atomic mass is 16.3. The summed E-state index contributed by atoms with van der Waals surface area (Å²) in [5.41, 5.74) is 1.85. The lowest BCUT2D eigenvalue weighted by atomic mass is 10.1. The Morgan fingerprint density at radius 2 is 2.00 bits per heavy atom. The summed E-state index contributed by atoms with van der Waals surface area (Å²) in [4.78, 5) is 11.4. The zero-order valence-electron chi connectivity index (χ0n) is 11.8. The van der Waals surface area contributed by atoms with Gasteiger partial charge in [-0.2, -0.15) is 0 Å². The van der Waals surface area contributed by atoms with Gasteiger partial charge in [0, 0.05) is 25.8 Å². The van der Waals surface area contributed by atoms with Gasteiger partial charge in [0.2, 0.25) is 0 Å². The van der Waals surface area contributed by atoms with Crippen LogP contribution in [-0.4, -0.2) is 31.2 Å². The fourth-order valence-corrected chi connectivity index (χ4v) is 1.82. The van der Waals surface area contributed by atoms with Crippen LogP contribution in [0, 0.1) is 5.92 Å². The van der Waals surface area contributed by atoms with Gasteiger partial charge in [-0.15, -0.1) is 0 Å². The summed E-state index contributed by atoms with van der Waals surface area (Å²) in [5.74, 6) is 0.325. The van der Waals surface area contributed by atoms with E-state index >= 15 is 0 Å². The van der Waals surface area contributed by atoms with Crippen LogP contribution in [0.25, 0.3) is 0 Å². The molecular formula is C15H24N2O2. The molecular weight excluding hydrogens is 240 g/mol. The lowest BCUT2D eigenvalue weighted by Crippen LogP contribution is -2.18. The molecule has 0 saturated carbocycles. The highest BCUT2D eigenvalue weighted by Crippen LogP contribution is 2.05. The number of carbonyl (C=O) groups excluding carboxylic acids is 1. The second kappa shape index (κ2) is 8.67. The highest BCUT2D eigenvalue weighted by molar-refractivity contribution is 5.93. The van der Waals surface area contributed by atoms with E-state index in [4.69, 9.17) is 5.11 Å². The van der Waals surface area contributed by atoms with E-state index in [2.05, 4.69) is 17.6 Å². The SMILES string of the molecule is CNC(=O)c1ccc(CNCCCC(C)CO)cc1. The minimum Gasteiger partial charge on any atom is -0.396 e. The average Bonchev–Trinajstić information content (AvgIpc) is 2.46. The van der Waals surface area contributed by atoms with Gasteiger partial charge >= 0.3 is 0 Å². The molecule has 1 atom stereocenters. The molecule has 106 valence electrons. The van der Waals surface area contributed by atoms with Crippen molar-refractivity contribution in [3.05, 3.63) is 35.4 Å². The molecule has 1 aromatic carbocycles. The Bertz CT molecular complexity index is 376. The third-order valence-corrected chi connectivity index (χ3v) is 3.13. The number of benzene rings is 1. The molecule has 0 bridgehead atoms. The van der Waals surface area contributed by atoms with Crippen molar-refractivity contribution in [2.75, 3.05) is 20.2 Å². The van der Waals surface area contributed by atoms with Gasteiger partial charge in [-0.3, -0.25) is 4.79 Å².